The van der Waals surface area contributed by atoms with E-state index in [2.05, 4.69) is 4.98 Å². The van der Waals surface area contributed by atoms with Crippen LogP contribution in [0.5, 0.6) is 5.75 Å². The molecule has 1 heterocycles. The van der Waals surface area contributed by atoms with Crippen LogP contribution in [0.1, 0.15) is 16.1 Å². The maximum absolute atomic E-state index is 12.3. The highest BCUT2D eigenvalue weighted by Crippen LogP contribution is 2.14. The van der Waals surface area contributed by atoms with Gasteiger partial charge < -0.3 is 14.4 Å². The standard InChI is InChI=1S/C18H16N2O4/c1-12-17(21)20(16-8-3-2-7-15(16)19-12)9-10-24-14-6-4-5-13(11-14)18(22)23/h2-8,11H,9-10H2,1H3,(H,22,23). The SMILES string of the molecule is Cc1nc2ccccc2n(CCOc2cccc(C(=O)O)c2)c1=O. The fraction of sp³-hybridized carbons (Fsp3) is 0.167. The fourth-order valence-corrected chi connectivity index (χ4v) is 2.52. The van der Waals surface area contributed by atoms with E-state index in [1.54, 1.807) is 23.6 Å². The zero-order valence-electron chi connectivity index (χ0n) is 13.1. The van der Waals surface area contributed by atoms with Crippen molar-refractivity contribution < 1.29 is 14.6 Å². The topological polar surface area (TPSA) is 81.4 Å². The number of carboxylic acid groups (broad SMARTS) is 1. The number of hydrogen-bond acceptors (Lipinski definition) is 4. The predicted molar refractivity (Wildman–Crippen MR) is 89.6 cm³/mol. The lowest BCUT2D eigenvalue weighted by Crippen LogP contribution is -2.26. The number of aromatic carboxylic acids is 1. The summed E-state index contributed by atoms with van der Waals surface area (Å²) in [7, 11) is 0. The van der Waals surface area contributed by atoms with Gasteiger partial charge in [0.05, 0.1) is 23.1 Å². The van der Waals surface area contributed by atoms with Gasteiger partial charge in [-0.15, -0.1) is 0 Å². The van der Waals surface area contributed by atoms with Gasteiger partial charge in [0.2, 0.25) is 0 Å². The first-order valence-electron chi connectivity index (χ1n) is 7.48. The molecule has 6 heteroatoms. The summed E-state index contributed by atoms with van der Waals surface area (Å²) in [6.45, 7) is 2.28. The summed E-state index contributed by atoms with van der Waals surface area (Å²) < 4.78 is 7.22. The molecule has 0 spiro atoms. The molecule has 0 saturated heterocycles. The van der Waals surface area contributed by atoms with Crippen LogP contribution in [0.4, 0.5) is 0 Å². The first-order valence-corrected chi connectivity index (χ1v) is 7.48. The van der Waals surface area contributed by atoms with Crippen molar-refractivity contribution >= 4 is 17.0 Å². The molecule has 1 aromatic heterocycles. The van der Waals surface area contributed by atoms with E-state index in [0.717, 1.165) is 11.0 Å². The van der Waals surface area contributed by atoms with Gasteiger partial charge in [-0.05, 0) is 37.3 Å². The zero-order chi connectivity index (χ0) is 17.1. The summed E-state index contributed by atoms with van der Waals surface area (Å²) in [4.78, 5) is 27.6. The van der Waals surface area contributed by atoms with E-state index in [0.29, 0.717) is 18.0 Å². The molecule has 2 aromatic carbocycles. The van der Waals surface area contributed by atoms with Crippen LogP contribution in [0.15, 0.2) is 53.3 Å². The van der Waals surface area contributed by atoms with E-state index in [9.17, 15) is 9.59 Å². The van der Waals surface area contributed by atoms with Gasteiger partial charge in [-0.2, -0.15) is 0 Å². The molecular weight excluding hydrogens is 308 g/mol. The quantitative estimate of drug-likeness (QED) is 0.780. The highest BCUT2D eigenvalue weighted by atomic mass is 16.5. The molecule has 0 radical (unpaired) electrons. The number of carboxylic acids is 1. The summed E-state index contributed by atoms with van der Waals surface area (Å²) in [5.41, 5.74) is 1.94. The minimum atomic E-state index is -1.01. The molecular formula is C18H16N2O4. The second-order valence-electron chi connectivity index (χ2n) is 5.32. The molecule has 0 saturated carbocycles. The smallest absolute Gasteiger partial charge is 0.335 e. The van der Waals surface area contributed by atoms with Crippen LogP contribution >= 0.6 is 0 Å². The third-order valence-corrected chi connectivity index (χ3v) is 3.68. The molecule has 0 unspecified atom stereocenters. The lowest BCUT2D eigenvalue weighted by atomic mass is 10.2. The number of aromatic nitrogens is 2. The Kier molecular flexibility index (Phi) is 4.29. The summed E-state index contributed by atoms with van der Waals surface area (Å²) in [6.07, 6.45) is 0. The second-order valence-corrected chi connectivity index (χ2v) is 5.32. The third-order valence-electron chi connectivity index (χ3n) is 3.68. The molecule has 0 atom stereocenters. The van der Waals surface area contributed by atoms with Gasteiger partial charge in [-0.1, -0.05) is 18.2 Å². The summed E-state index contributed by atoms with van der Waals surface area (Å²) in [5, 5.41) is 8.99. The maximum atomic E-state index is 12.3. The lowest BCUT2D eigenvalue weighted by molar-refractivity contribution is 0.0696. The summed E-state index contributed by atoms with van der Waals surface area (Å²) >= 11 is 0. The maximum Gasteiger partial charge on any atom is 0.335 e. The average molecular weight is 324 g/mol. The molecule has 3 aromatic rings. The molecule has 122 valence electrons. The van der Waals surface area contributed by atoms with Crippen molar-refractivity contribution in [3.63, 3.8) is 0 Å². The fourth-order valence-electron chi connectivity index (χ4n) is 2.52. The van der Waals surface area contributed by atoms with Gasteiger partial charge in [0, 0.05) is 0 Å². The number of aryl methyl sites for hydroxylation is 1. The van der Waals surface area contributed by atoms with Crippen LogP contribution in [0, 0.1) is 6.92 Å². The molecule has 6 nitrogen and oxygen atoms in total. The molecule has 24 heavy (non-hydrogen) atoms. The third kappa shape index (κ3) is 3.12. The highest BCUT2D eigenvalue weighted by Gasteiger charge is 2.08. The van der Waals surface area contributed by atoms with Crippen LogP contribution in [0.3, 0.4) is 0 Å². The molecule has 0 aliphatic heterocycles. The van der Waals surface area contributed by atoms with E-state index in [1.165, 1.54) is 12.1 Å². The van der Waals surface area contributed by atoms with Crippen molar-refractivity contribution in [2.45, 2.75) is 13.5 Å². The van der Waals surface area contributed by atoms with Crippen LogP contribution in [-0.2, 0) is 6.54 Å². The Balaban J connectivity index is 1.81. The number of ether oxygens (including phenoxy) is 1. The normalized spacial score (nSPS) is 10.7. The van der Waals surface area contributed by atoms with Crippen molar-refractivity contribution in [3.05, 3.63) is 70.1 Å². The Morgan fingerprint density at radius 2 is 2.00 bits per heavy atom. The Hall–Kier alpha value is -3.15. The van der Waals surface area contributed by atoms with Crippen LogP contribution in [0.2, 0.25) is 0 Å². The van der Waals surface area contributed by atoms with Gasteiger partial charge in [0.25, 0.3) is 5.56 Å². The van der Waals surface area contributed by atoms with E-state index in [-0.39, 0.29) is 17.7 Å². The number of carbonyl (C=O) groups is 1. The number of nitrogens with zero attached hydrogens (tertiary/aromatic N) is 2. The van der Waals surface area contributed by atoms with Crippen molar-refractivity contribution in [1.82, 2.24) is 9.55 Å². The van der Waals surface area contributed by atoms with Gasteiger partial charge in [0.1, 0.15) is 18.1 Å². The van der Waals surface area contributed by atoms with E-state index in [4.69, 9.17) is 9.84 Å². The van der Waals surface area contributed by atoms with Crippen molar-refractivity contribution in [1.29, 1.82) is 0 Å². The van der Waals surface area contributed by atoms with Gasteiger partial charge in [-0.3, -0.25) is 4.79 Å². The Bertz CT molecular complexity index is 963. The number of rotatable bonds is 5. The lowest BCUT2D eigenvalue weighted by Gasteiger charge is -2.12. The minimum Gasteiger partial charge on any atom is -0.492 e. The van der Waals surface area contributed by atoms with Crippen LogP contribution in [0.25, 0.3) is 11.0 Å². The van der Waals surface area contributed by atoms with Crippen molar-refractivity contribution in [2.24, 2.45) is 0 Å². The Morgan fingerprint density at radius 1 is 1.21 bits per heavy atom. The first-order chi connectivity index (χ1) is 11.6. The van der Waals surface area contributed by atoms with Crippen LogP contribution in [-0.4, -0.2) is 27.2 Å². The molecule has 0 amide bonds. The van der Waals surface area contributed by atoms with Gasteiger partial charge >= 0.3 is 5.97 Å². The largest absolute Gasteiger partial charge is 0.492 e. The highest BCUT2D eigenvalue weighted by molar-refractivity contribution is 5.88. The summed E-state index contributed by atoms with van der Waals surface area (Å²) in [5.74, 6) is -0.551. The predicted octanol–water partition coefficient (Wildman–Crippen LogP) is 2.48. The van der Waals surface area contributed by atoms with E-state index < -0.39 is 5.97 Å². The van der Waals surface area contributed by atoms with Gasteiger partial charge in [-0.25, -0.2) is 9.78 Å². The molecule has 0 fully saturated rings. The second kappa shape index (κ2) is 6.54. The number of hydrogen-bond donors (Lipinski definition) is 1. The molecule has 0 aliphatic rings. The van der Waals surface area contributed by atoms with Crippen molar-refractivity contribution in [2.75, 3.05) is 6.61 Å². The molecule has 3 rings (SSSR count). The first kappa shape index (κ1) is 15.7. The summed E-state index contributed by atoms with van der Waals surface area (Å²) in [6, 6.07) is 13.7. The average Bonchev–Trinajstić information content (AvgIpc) is 2.58. The monoisotopic (exact) mass is 324 g/mol. The minimum absolute atomic E-state index is 0.156. The van der Waals surface area contributed by atoms with Crippen molar-refractivity contribution in [3.8, 4) is 5.75 Å². The Labute approximate surface area is 138 Å². The molecule has 1 N–H and O–H groups in total. The van der Waals surface area contributed by atoms with Gasteiger partial charge in [0.15, 0.2) is 0 Å². The molecule has 0 aliphatic carbocycles. The number of fused-ring (bicyclic) bond motifs is 1. The number of para-hydroxylation sites is 2. The zero-order valence-corrected chi connectivity index (χ0v) is 13.1. The molecule has 0 bridgehead atoms. The number of benzene rings is 2. The van der Waals surface area contributed by atoms with Crippen LogP contribution < -0.4 is 10.3 Å². The van der Waals surface area contributed by atoms with E-state index in [1.807, 2.05) is 24.3 Å². The van der Waals surface area contributed by atoms with E-state index >= 15 is 0 Å². The Morgan fingerprint density at radius 3 is 2.79 bits per heavy atom.